The van der Waals surface area contributed by atoms with Gasteiger partial charge in [-0.15, -0.1) is 0 Å². The maximum Gasteiger partial charge on any atom is 0.222 e. The first-order chi connectivity index (χ1) is 15.0. The Hall–Kier alpha value is -1.72. The van der Waals surface area contributed by atoms with Crippen LogP contribution in [0.5, 0.6) is 0 Å². The summed E-state index contributed by atoms with van der Waals surface area (Å²) >= 11 is 0. The van der Waals surface area contributed by atoms with Crippen LogP contribution in [-0.2, 0) is 16.1 Å². The Morgan fingerprint density at radius 1 is 1.16 bits per heavy atom. The largest absolute Gasteiger partial charge is 0.342 e. The van der Waals surface area contributed by atoms with Gasteiger partial charge in [-0.1, -0.05) is 37.3 Å². The number of likely N-dealkylation sites (N-methyl/N-ethyl adjacent to an activating group) is 2. The molecule has 31 heavy (non-hydrogen) atoms. The number of piperidine rings is 1. The third kappa shape index (κ3) is 6.88. The van der Waals surface area contributed by atoms with Crippen molar-refractivity contribution < 1.29 is 9.59 Å². The predicted octanol–water partition coefficient (Wildman–Crippen LogP) is 3.83. The molecule has 0 unspecified atom stereocenters. The van der Waals surface area contributed by atoms with Crippen LogP contribution in [0.2, 0.25) is 0 Å². The molecule has 1 heterocycles. The van der Waals surface area contributed by atoms with Gasteiger partial charge in [0.1, 0.15) is 5.78 Å². The van der Waals surface area contributed by atoms with Gasteiger partial charge in [0.05, 0.1) is 0 Å². The summed E-state index contributed by atoms with van der Waals surface area (Å²) in [7, 11) is 2.12. The summed E-state index contributed by atoms with van der Waals surface area (Å²) in [5.41, 5.74) is 1.30. The summed E-state index contributed by atoms with van der Waals surface area (Å²) in [6.45, 7) is 9.71. The van der Waals surface area contributed by atoms with Crippen molar-refractivity contribution in [1.29, 1.82) is 0 Å². The van der Waals surface area contributed by atoms with E-state index in [9.17, 15) is 9.59 Å². The van der Waals surface area contributed by atoms with E-state index in [1.165, 1.54) is 5.56 Å². The van der Waals surface area contributed by atoms with Crippen LogP contribution in [0, 0.1) is 11.8 Å². The molecule has 5 heteroatoms. The van der Waals surface area contributed by atoms with Crippen LogP contribution in [0.25, 0.3) is 0 Å². The van der Waals surface area contributed by atoms with Gasteiger partial charge in [0.25, 0.3) is 0 Å². The Bertz CT molecular complexity index is 708. The lowest BCUT2D eigenvalue weighted by Gasteiger charge is -2.47. The van der Waals surface area contributed by atoms with Crippen molar-refractivity contribution in [1.82, 2.24) is 14.7 Å². The van der Waals surface area contributed by atoms with E-state index >= 15 is 0 Å². The Balaban J connectivity index is 1.51. The minimum atomic E-state index is 0.276. The summed E-state index contributed by atoms with van der Waals surface area (Å²) in [5.74, 6) is 1.52. The standard InChI is InChI=1S/C26H41N3O2/c1-4-13-29-20-22(16-23-18-24(30)11-12-25(23)29)17-26(31)28(5-2)15-14-27(3)19-21-9-7-6-8-10-21/h6-10,22-23,25H,4-5,11-20H2,1-3H3/t22-,23-,25-/m1/s1. The molecule has 172 valence electrons. The highest BCUT2D eigenvalue weighted by Gasteiger charge is 2.39. The maximum absolute atomic E-state index is 13.1. The predicted molar refractivity (Wildman–Crippen MR) is 126 cm³/mol. The highest BCUT2D eigenvalue weighted by atomic mass is 16.2. The molecule has 3 atom stereocenters. The summed E-state index contributed by atoms with van der Waals surface area (Å²) in [5, 5.41) is 0. The van der Waals surface area contributed by atoms with E-state index in [1.54, 1.807) is 0 Å². The van der Waals surface area contributed by atoms with Crippen molar-refractivity contribution in [3.63, 3.8) is 0 Å². The second-order valence-corrected chi connectivity index (χ2v) is 9.61. The molecular formula is C26H41N3O2. The fourth-order valence-corrected chi connectivity index (χ4v) is 5.56. The number of benzene rings is 1. The van der Waals surface area contributed by atoms with Crippen LogP contribution < -0.4 is 0 Å². The van der Waals surface area contributed by atoms with Gasteiger partial charge in [-0.05, 0) is 57.2 Å². The van der Waals surface area contributed by atoms with Crippen molar-refractivity contribution in [2.75, 3.05) is 39.8 Å². The third-order valence-electron chi connectivity index (χ3n) is 7.11. The first-order valence-electron chi connectivity index (χ1n) is 12.3. The SMILES string of the molecule is CCCN1C[C@@H](CC(=O)N(CC)CCN(C)Cc2ccccc2)C[C@@H]2CC(=O)CC[C@H]21. The Kier molecular flexibility index (Phi) is 9.09. The first kappa shape index (κ1) is 23.9. The van der Waals surface area contributed by atoms with Crippen LogP contribution in [0.1, 0.15) is 57.9 Å². The van der Waals surface area contributed by atoms with E-state index in [0.29, 0.717) is 30.1 Å². The molecule has 1 amide bonds. The molecule has 2 aliphatic rings. The minimum absolute atomic E-state index is 0.276. The quantitative estimate of drug-likeness (QED) is 0.569. The summed E-state index contributed by atoms with van der Waals surface area (Å²) in [6.07, 6.45) is 5.26. The maximum atomic E-state index is 13.1. The van der Waals surface area contributed by atoms with E-state index < -0.39 is 0 Å². The van der Waals surface area contributed by atoms with E-state index in [0.717, 1.165) is 71.4 Å². The number of ketones is 1. The lowest BCUT2D eigenvalue weighted by Crippen LogP contribution is -2.52. The molecule has 1 aromatic carbocycles. The van der Waals surface area contributed by atoms with Gasteiger partial charge in [0, 0.05) is 58.0 Å². The number of hydrogen-bond acceptors (Lipinski definition) is 4. The second-order valence-electron chi connectivity index (χ2n) is 9.61. The number of fused-ring (bicyclic) bond motifs is 1. The van der Waals surface area contributed by atoms with Crippen LogP contribution in [0.15, 0.2) is 30.3 Å². The van der Waals surface area contributed by atoms with Crippen molar-refractivity contribution in [2.24, 2.45) is 11.8 Å². The zero-order chi connectivity index (χ0) is 22.2. The fraction of sp³-hybridized carbons (Fsp3) is 0.692. The Labute approximate surface area is 188 Å². The third-order valence-corrected chi connectivity index (χ3v) is 7.11. The van der Waals surface area contributed by atoms with Crippen LogP contribution >= 0.6 is 0 Å². The number of rotatable bonds is 10. The number of carbonyl (C=O) groups excluding carboxylic acids is 2. The summed E-state index contributed by atoms with van der Waals surface area (Å²) in [6, 6.07) is 11.0. The average molecular weight is 428 g/mol. The molecule has 1 aliphatic carbocycles. The van der Waals surface area contributed by atoms with Crippen LogP contribution in [0.3, 0.4) is 0 Å². The number of carbonyl (C=O) groups is 2. The highest BCUT2D eigenvalue weighted by Crippen LogP contribution is 2.37. The van der Waals surface area contributed by atoms with Crippen molar-refractivity contribution in [3.05, 3.63) is 35.9 Å². The van der Waals surface area contributed by atoms with Gasteiger partial charge in [-0.25, -0.2) is 0 Å². The van der Waals surface area contributed by atoms with Crippen molar-refractivity contribution in [3.8, 4) is 0 Å². The molecule has 5 nitrogen and oxygen atoms in total. The number of Topliss-reactive ketones (excluding diaryl/α,β-unsaturated/α-hetero) is 1. The van der Waals surface area contributed by atoms with E-state index in [1.807, 2.05) is 11.0 Å². The summed E-state index contributed by atoms with van der Waals surface area (Å²) < 4.78 is 0. The molecule has 1 saturated heterocycles. The molecule has 0 radical (unpaired) electrons. The zero-order valence-electron chi connectivity index (χ0n) is 19.8. The molecule has 0 aromatic heterocycles. The molecule has 1 saturated carbocycles. The molecule has 3 rings (SSSR count). The Morgan fingerprint density at radius 2 is 1.94 bits per heavy atom. The number of likely N-dealkylation sites (tertiary alicyclic amines) is 1. The average Bonchev–Trinajstić information content (AvgIpc) is 2.74. The van der Waals surface area contributed by atoms with Crippen LogP contribution in [0.4, 0.5) is 0 Å². The molecular weight excluding hydrogens is 386 g/mol. The molecule has 0 spiro atoms. The highest BCUT2D eigenvalue weighted by molar-refractivity contribution is 5.79. The lowest BCUT2D eigenvalue weighted by molar-refractivity contribution is -0.133. The van der Waals surface area contributed by atoms with E-state index in [-0.39, 0.29) is 5.91 Å². The number of hydrogen-bond donors (Lipinski definition) is 0. The van der Waals surface area contributed by atoms with Gasteiger partial charge >= 0.3 is 0 Å². The minimum Gasteiger partial charge on any atom is -0.342 e. The normalized spacial score (nSPS) is 24.3. The summed E-state index contributed by atoms with van der Waals surface area (Å²) in [4.78, 5) is 32.1. The number of nitrogens with zero attached hydrogens (tertiary/aromatic N) is 3. The molecule has 0 bridgehead atoms. The van der Waals surface area contributed by atoms with Gasteiger partial charge < -0.3 is 9.80 Å². The number of amides is 1. The van der Waals surface area contributed by atoms with Crippen LogP contribution in [-0.4, -0.2) is 72.2 Å². The molecule has 2 fully saturated rings. The molecule has 1 aromatic rings. The Morgan fingerprint density at radius 3 is 2.65 bits per heavy atom. The molecule has 1 aliphatic heterocycles. The van der Waals surface area contributed by atoms with E-state index in [4.69, 9.17) is 0 Å². The zero-order valence-corrected chi connectivity index (χ0v) is 19.8. The van der Waals surface area contributed by atoms with Crippen molar-refractivity contribution >= 4 is 11.7 Å². The topological polar surface area (TPSA) is 43.9 Å². The smallest absolute Gasteiger partial charge is 0.222 e. The monoisotopic (exact) mass is 427 g/mol. The van der Waals surface area contributed by atoms with Crippen molar-refractivity contribution in [2.45, 2.75) is 65.0 Å². The second kappa shape index (κ2) is 11.8. The van der Waals surface area contributed by atoms with E-state index in [2.05, 4.69) is 55.0 Å². The van der Waals surface area contributed by atoms with Gasteiger partial charge in [-0.3, -0.25) is 14.5 Å². The van der Waals surface area contributed by atoms with Gasteiger partial charge in [0.15, 0.2) is 0 Å². The fourth-order valence-electron chi connectivity index (χ4n) is 5.56. The first-order valence-corrected chi connectivity index (χ1v) is 12.3. The van der Waals surface area contributed by atoms with Gasteiger partial charge in [-0.2, -0.15) is 0 Å². The van der Waals surface area contributed by atoms with Gasteiger partial charge in [0.2, 0.25) is 5.91 Å². The lowest BCUT2D eigenvalue weighted by atomic mass is 9.73. The molecule has 0 N–H and O–H groups in total.